The zero-order valence-corrected chi connectivity index (χ0v) is 32.1. The van der Waals surface area contributed by atoms with Crippen molar-refractivity contribution in [3.63, 3.8) is 0 Å². The molecule has 37 heavy (non-hydrogen) atoms. The van der Waals surface area contributed by atoms with E-state index in [1.54, 1.807) is 12.1 Å². The predicted octanol–water partition coefficient (Wildman–Crippen LogP) is 6.23. The van der Waals surface area contributed by atoms with Gasteiger partial charge in [-0.1, -0.05) is 90.3 Å². The van der Waals surface area contributed by atoms with Gasteiger partial charge in [-0.2, -0.15) is 0 Å². The molecular weight excluding hydrogens is 750 g/mol. The van der Waals surface area contributed by atoms with Gasteiger partial charge in [0.05, 0.1) is 29.5 Å². The molecule has 3 nitrogen and oxygen atoms in total. The number of benzene rings is 3. The topological polar surface area (TPSA) is 41.5 Å². The van der Waals surface area contributed by atoms with Gasteiger partial charge >= 0.3 is 29.6 Å². The number of rotatable bonds is 8. The van der Waals surface area contributed by atoms with Gasteiger partial charge in [-0.3, -0.25) is 0 Å². The number of hydrogen-bond donors (Lipinski definition) is 0. The minimum Gasteiger partial charge on any atom is -0.872 e. The van der Waals surface area contributed by atoms with Crippen LogP contribution in [0.1, 0.15) is 0 Å². The molecule has 0 spiro atoms. The Labute approximate surface area is 281 Å². The smallest absolute Gasteiger partial charge is 0.872 e. The van der Waals surface area contributed by atoms with Gasteiger partial charge in [0, 0.05) is 15.5 Å². The standard InChI is InChI=1S/C16H18Br2O2Si.C6H5BrO.C4H10Cl2Si.Na/c1-21(2,11-19-15-9-5-3-7-13(15)17)12-20-16-10-6-4-8-14(16)18;7-5-3-1-2-4-6(5)8;1-7(2,3-5)4-6;/h3-10H,11-12H2,1-2H3;1-4,8H;3-4H2,1-2H3;/q;;;+1/p-1. The molecule has 3 aromatic rings. The summed E-state index contributed by atoms with van der Waals surface area (Å²) in [5.74, 6) is 1.81. The molecule has 3 rings (SSSR count). The molecule has 0 heterocycles. The van der Waals surface area contributed by atoms with E-state index in [1.807, 2.05) is 54.6 Å². The van der Waals surface area contributed by atoms with E-state index in [2.05, 4.69) is 74.0 Å². The van der Waals surface area contributed by atoms with Crippen LogP contribution in [0.2, 0.25) is 26.2 Å². The van der Waals surface area contributed by atoms with Crippen molar-refractivity contribution in [1.82, 2.24) is 0 Å². The van der Waals surface area contributed by atoms with Crippen LogP contribution in [0.25, 0.3) is 0 Å². The summed E-state index contributed by atoms with van der Waals surface area (Å²) >= 11 is 21.2. The first-order valence-corrected chi connectivity index (χ1v) is 21.5. The van der Waals surface area contributed by atoms with Crippen molar-refractivity contribution in [3.05, 3.63) is 86.2 Å². The maximum absolute atomic E-state index is 10.6. The molecule has 0 fully saturated rings. The molecule has 0 radical (unpaired) electrons. The summed E-state index contributed by atoms with van der Waals surface area (Å²) in [5.41, 5.74) is 1.55. The van der Waals surface area contributed by atoms with E-state index in [0.717, 1.165) is 43.9 Å². The number of ether oxygens (including phenoxy) is 2. The first kappa shape index (κ1) is 37.5. The van der Waals surface area contributed by atoms with E-state index in [0.29, 0.717) is 4.47 Å². The normalized spacial score (nSPS) is 10.6. The molecule has 0 aliphatic rings. The molecule has 0 N–H and O–H groups in total. The predicted molar refractivity (Wildman–Crippen MR) is 169 cm³/mol. The van der Waals surface area contributed by atoms with Crippen molar-refractivity contribution in [1.29, 1.82) is 0 Å². The van der Waals surface area contributed by atoms with Crippen LogP contribution in [0.15, 0.2) is 86.2 Å². The van der Waals surface area contributed by atoms with Crippen molar-refractivity contribution in [2.75, 3.05) is 23.5 Å². The molecule has 0 saturated carbocycles. The van der Waals surface area contributed by atoms with Crippen LogP contribution in [0.3, 0.4) is 0 Å². The fourth-order valence-corrected chi connectivity index (χ4v) is 5.38. The van der Waals surface area contributed by atoms with E-state index < -0.39 is 16.1 Å². The molecule has 0 unspecified atom stereocenters. The fraction of sp³-hybridized carbons (Fsp3) is 0.308. The van der Waals surface area contributed by atoms with E-state index in [-0.39, 0.29) is 35.3 Å². The Hall–Kier alpha value is 0.514. The van der Waals surface area contributed by atoms with Crippen molar-refractivity contribution in [2.24, 2.45) is 0 Å². The van der Waals surface area contributed by atoms with Gasteiger partial charge < -0.3 is 14.6 Å². The Bertz CT molecular complexity index is 984. The Morgan fingerprint density at radius 3 is 1.24 bits per heavy atom. The quantitative estimate of drug-likeness (QED) is 0.201. The van der Waals surface area contributed by atoms with Gasteiger partial charge in [0.1, 0.15) is 19.6 Å². The molecule has 0 aliphatic carbocycles. The Morgan fingerprint density at radius 2 is 0.973 bits per heavy atom. The summed E-state index contributed by atoms with van der Waals surface area (Å²) in [6, 6.07) is 22.6. The summed E-state index contributed by atoms with van der Waals surface area (Å²) in [4.78, 5) is 0. The Kier molecular flexibility index (Phi) is 19.8. The van der Waals surface area contributed by atoms with Gasteiger partial charge in [-0.25, -0.2) is 0 Å². The maximum atomic E-state index is 10.6. The SMILES string of the molecule is C[Si](C)(CCl)CCl.C[Si](C)(COc1ccccc1Br)COc1ccccc1Br.[Na+].[O-]c1ccccc1Br. The fourth-order valence-electron chi connectivity index (χ4n) is 2.19. The van der Waals surface area contributed by atoms with Crippen molar-refractivity contribution in [3.8, 4) is 17.2 Å². The minimum absolute atomic E-state index is 0. The van der Waals surface area contributed by atoms with Crippen molar-refractivity contribution < 1.29 is 44.1 Å². The van der Waals surface area contributed by atoms with Crippen LogP contribution in [0, 0.1) is 0 Å². The molecule has 0 atom stereocenters. The number of alkyl halides is 2. The molecule has 0 aromatic heterocycles. The van der Waals surface area contributed by atoms with Crippen LogP contribution in [0.4, 0.5) is 0 Å². The summed E-state index contributed by atoms with van der Waals surface area (Å²) in [7, 11) is -2.72. The van der Waals surface area contributed by atoms with Gasteiger partial charge in [0.15, 0.2) is 0 Å². The van der Waals surface area contributed by atoms with Gasteiger partial charge in [-0.05, 0) is 62.2 Å². The van der Waals surface area contributed by atoms with E-state index in [4.69, 9.17) is 32.7 Å². The summed E-state index contributed by atoms with van der Waals surface area (Å²) < 4.78 is 14.5. The third-order valence-corrected chi connectivity index (χ3v) is 14.1. The van der Waals surface area contributed by atoms with Crippen LogP contribution < -0.4 is 44.1 Å². The second-order valence-corrected chi connectivity index (χ2v) is 23.4. The average Bonchev–Trinajstić information content (AvgIpc) is 2.86. The zero-order valence-electron chi connectivity index (χ0n) is 21.9. The molecule has 0 amide bonds. The minimum atomic E-state index is -1.60. The molecule has 0 aliphatic heterocycles. The van der Waals surface area contributed by atoms with Gasteiger partial charge in [0.25, 0.3) is 0 Å². The van der Waals surface area contributed by atoms with Crippen molar-refractivity contribution >= 4 is 87.1 Å². The number of para-hydroxylation sites is 3. The van der Waals surface area contributed by atoms with Crippen LogP contribution in [0.5, 0.6) is 17.2 Å². The second-order valence-electron chi connectivity index (χ2n) is 9.46. The second kappa shape index (κ2) is 19.6. The third kappa shape index (κ3) is 16.4. The van der Waals surface area contributed by atoms with E-state index >= 15 is 0 Å². The van der Waals surface area contributed by atoms with Crippen LogP contribution >= 0.6 is 71.0 Å². The molecule has 0 bridgehead atoms. The molecule has 3 aromatic carbocycles. The first-order valence-electron chi connectivity index (χ1n) is 11.2. The largest absolute Gasteiger partial charge is 1.00 e. The molecule has 11 heteroatoms. The third-order valence-electron chi connectivity index (χ3n) is 4.47. The van der Waals surface area contributed by atoms with Crippen LogP contribution in [-0.2, 0) is 0 Å². The molecule has 198 valence electrons. The Morgan fingerprint density at radius 1 is 0.622 bits per heavy atom. The van der Waals surface area contributed by atoms with Crippen LogP contribution in [-0.4, -0.2) is 39.6 Å². The average molecular weight is 782 g/mol. The van der Waals surface area contributed by atoms with Gasteiger partial charge in [0.2, 0.25) is 0 Å². The maximum Gasteiger partial charge on any atom is 1.00 e. The summed E-state index contributed by atoms with van der Waals surface area (Å²) in [5, 5.41) is 10.6. The summed E-state index contributed by atoms with van der Waals surface area (Å²) in [6.45, 7) is 8.88. The number of hydrogen-bond acceptors (Lipinski definition) is 3. The van der Waals surface area contributed by atoms with Gasteiger partial charge in [-0.15, -0.1) is 23.2 Å². The van der Waals surface area contributed by atoms with Crippen molar-refractivity contribution in [2.45, 2.75) is 26.2 Å². The molecular formula is C26H32Br3Cl2NaO3Si2. The molecule has 0 saturated heterocycles. The first-order chi connectivity index (χ1) is 16.9. The number of halogens is 5. The zero-order chi connectivity index (χ0) is 27.2. The summed E-state index contributed by atoms with van der Waals surface area (Å²) in [6.07, 6.45) is 1.44. The monoisotopic (exact) mass is 778 g/mol. The van der Waals surface area contributed by atoms with E-state index in [1.165, 1.54) is 6.07 Å². The van der Waals surface area contributed by atoms with E-state index in [9.17, 15) is 5.11 Å². The Balaban J connectivity index is 0.000000666.